The molecule has 4 aromatic rings. The van der Waals surface area contributed by atoms with Crippen LogP contribution in [0.4, 0.5) is 0 Å². The first-order chi connectivity index (χ1) is 14.3. The van der Waals surface area contributed by atoms with Crippen molar-refractivity contribution >= 4 is 10.9 Å². The SMILES string of the molecule is Cc1ncc2c(c1-c1noc(C3CCCc4c3[nH]c3ccccc43)n1)CCNC2. The number of pyridine rings is 1. The maximum absolute atomic E-state index is 5.83. The van der Waals surface area contributed by atoms with Crippen molar-refractivity contribution in [3.63, 3.8) is 0 Å². The molecule has 0 saturated heterocycles. The molecular weight excluding hydrogens is 362 g/mol. The van der Waals surface area contributed by atoms with Crippen molar-refractivity contribution < 1.29 is 4.52 Å². The first-order valence-electron chi connectivity index (χ1n) is 10.4. The highest BCUT2D eigenvalue weighted by Gasteiger charge is 2.30. The molecule has 0 spiro atoms. The number of aromatic amines is 1. The molecule has 6 heteroatoms. The summed E-state index contributed by atoms with van der Waals surface area (Å²) in [5.41, 5.74) is 8.38. The van der Waals surface area contributed by atoms with Gasteiger partial charge in [-0.2, -0.15) is 4.98 Å². The molecule has 1 aliphatic heterocycles. The Kier molecular flexibility index (Phi) is 3.81. The summed E-state index contributed by atoms with van der Waals surface area (Å²) in [6, 6.07) is 8.52. The zero-order valence-corrected chi connectivity index (χ0v) is 16.5. The van der Waals surface area contributed by atoms with E-state index >= 15 is 0 Å². The summed E-state index contributed by atoms with van der Waals surface area (Å²) < 4.78 is 5.83. The van der Waals surface area contributed by atoms with Crippen molar-refractivity contribution in [1.29, 1.82) is 0 Å². The molecule has 1 aliphatic carbocycles. The van der Waals surface area contributed by atoms with Gasteiger partial charge in [0.15, 0.2) is 0 Å². The molecule has 2 aliphatic rings. The fourth-order valence-electron chi connectivity index (χ4n) is 5.01. The molecule has 0 bridgehead atoms. The number of benzene rings is 1. The van der Waals surface area contributed by atoms with Gasteiger partial charge in [-0.05, 0) is 61.9 Å². The Hall–Kier alpha value is -2.99. The van der Waals surface area contributed by atoms with E-state index in [1.165, 1.54) is 33.3 Å². The lowest BCUT2D eigenvalue weighted by Crippen LogP contribution is -2.24. The summed E-state index contributed by atoms with van der Waals surface area (Å²) in [5.74, 6) is 1.51. The zero-order chi connectivity index (χ0) is 19.4. The monoisotopic (exact) mass is 385 g/mol. The van der Waals surface area contributed by atoms with Crippen molar-refractivity contribution in [3.8, 4) is 11.4 Å². The number of aromatic nitrogens is 4. The normalized spacial score (nSPS) is 18.6. The molecule has 3 aromatic heterocycles. The van der Waals surface area contributed by atoms with Gasteiger partial charge in [0.05, 0.1) is 5.92 Å². The fraction of sp³-hybridized carbons (Fsp3) is 0.348. The quantitative estimate of drug-likeness (QED) is 0.544. The van der Waals surface area contributed by atoms with Gasteiger partial charge in [-0.15, -0.1) is 0 Å². The Labute approximate surface area is 168 Å². The van der Waals surface area contributed by atoms with Crippen LogP contribution in [0.15, 0.2) is 35.0 Å². The molecule has 2 N–H and O–H groups in total. The molecule has 1 aromatic carbocycles. The van der Waals surface area contributed by atoms with Gasteiger partial charge in [-0.1, -0.05) is 23.4 Å². The minimum atomic E-state index is 0.127. The Bertz CT molecular complexity index is 1220. The number of nitrogens with zero attached hydrogens (tertiary/aromatic N) is 3. The molecule has 6 rings (SSSR count). The molecule has 0 radical (unpaired) electrons. The van der Waals surface area contributed by atoms with E-state index in [0.29, 0.717) is 11.7 Å². The summed E-state index contributed by atoms with van der Waals surface area (Å²) in [7, 11) is 0. The number of hydrogen-bond acceptors (Lipinski definition) is 5. The Morgan fingerprint density at radius 3 is 3.03 bits per heavy atom. The van der Waals surface area contributed by atoms with Gasteiger partial charge in [-0.25, -0.2) is 0 Å². The summed E-state index contributed by atoms with van der Waals surface area (Å²) in [4.78, 5) is 13.1. The minimum Gasteiger partial charge on any atom is -0.357 e. The van der Waals surface area contributed by atoms with E-state index in [9.17, 15) is 0 Å². The van der Waals surface area contributed by atoms with Crippen LogP contribution in [0.1, 0.15) is 52.7 Å². The number of para-hydroxylation sites is 1. The largest absolute Gasteiger partial charge is 0.357 e. The van der Waals surface area contributed by atoms with E-state index in [1.807, 2.05) is 13.1 Å². The van der Waals surface area contributed by atoms with E-state index in [2.05, 4.69) is 44.7 Å². The Balaban J connectivity index is 1.44. The predicted octanol–water partition coefficient (Wildman–Crippen LogP) is 4.04. The highest BCUT2D eigenvalue weighted by molar-refractivity contribution is 5.85. The average Bonchev–Trinajstić information content (AvgIpc) is 3.38. The fourth-order valence-corrected chi connectivity index (χ4v) is 5.01. The second kappa shape index (κ2) is 6.52. The number of aryl methyl sites for hydroxylation is 2. The third-order valence-electron chi connectivity index (χ3n) is 6.41. The van der Waals surface area contributed by atoms with Gasteiger partial charge in [-0.3, -0.25) is 4.98 Å². The second-order valence-corrected chi connectivity index (χ2v) is 8.11. The Morgan fingerprint density at radius 1 is 1.14 bits per heavy atom. The van der Waals surface area contributed by atoms with Gasteiger partial charge in [0, 0.05) is 40.6 Å². The summed E-state index contributed by atoms with van der Waals surface area (Å²) in [5, 5.41) is 9.12. The van der Waals surface area contributed by atoms with E-state index in [-0.39, 0.29) is 5.92 Å². The zero-order valence-electron chi connectivity index (χ0n) is 16.5. The average molecular weight is 385 g/mol. The van der Waals surface area contributed by atoms with E-state index < -0.39 is 0 Å². The van der Waals surface area contributed by atoms with Gasteiger partial charge in [0.25, 0.3) is 0 Å². The molecule has 1 atom stereocenters. The highest BCUT2D eigenvalue weighted by atomic mass is 16.5. The molecule has 0 saturated carbocycles. The molecule has 29 heavy (non-hydrogen) atoms. The minimum absolute atomic E-state index is 0.127. The van der Waals surface area contributed by atoms with Gasteiger partial charge >= 0.3 is 0 Å². The molecule has 1 unspecified atom stereocenters. The van der Waals surface area contributed by atoms with E-state index in [0.717, 1.165) is 50.0 Å². The maximum atomic E-state index is 5.83. The molecule has 146 valence electrons. The highest BCUT2D eigenvalue weighted by Crippen LogP contribution is 2.40. The molecule has 4 heterocycles. The number of hydrogen-bond donors (Lipinski definition) is 2. The lowest BCUT2D eigenvalue weighted by atomic mass is 9.86. The van der Waals surface area contributed by atoms with Crippen LogP contribution in [0.3, 0.4) is 0 Å². The van der Waals surface area contributed by atoms with Crippen LogP contribution in [-0.2, 0) is 19.4 Å². The topological polar surface area (TPSA) is 79.6 Å². The van der Waals surface area contributed by atoms with Gasteiger partial charge in [0.2, 0.25) is 11.7 Å². The predicted molar refractivity (Wildman–Crippen MR) is 111 cm³/mol. The first-order valence-corrected chi connectivity index (χ1v) is 10.4. The second-order valence-electron chi connectivity index (χ2n) is 8.11. The third kappa shape index (κ3) is 2.63. The summed E-state index contributed by atoms with van der Waals surface area (Å²) in [6.45, 7) is 3.85. The molecular formula is C23H23N5O. The van der Waals surface area contributed by atoms with Crippen LogP contribution in [0.25, 0.3) is 22.3 Å². The lowest BCUT2D eigenvalue weighted by Gasteiger charge is -2.20. The summed E-state index contributed by atoms with van der Waals surface area (Å²) >= 11 is 0. The van der Waals surface area contributed by atoms with Crippen molar-refractivity contribution in [2.45, 2.75) is 45.1 Å². The van der Waals surface area contributed by atoms with Crippen LogP contribution in [0.5, 0.6) is 0 Å². The van der Waals surface area contributed by atoms with Crippen molar-refractivity contribution in [2.24, 2.45) is 0 Å². The van der Waals surface area contributed by atoms with Crippen LogP contribution in [-0.4, -0.2) is 26.7 Å². The van der Waals surface area contributed by atoms with Crippen LogP contribution >= 0.6 is 0 Å². The third-order valence-corrected chi connectivity index (χ3v) is 6.41. The van der Waals surface area contributed by atoms with Crippen molar-refractivity contribution in [3.05, 3.63) is 64.4 Å². The van der Waals surface area contributed by atoms with Gasteiger partial charge < -0.3 is 14.8 Å². The van der Waals surface area contributed by atoms with Crippen molar-refractivity contribution in [1.82, 2.24) is 25.4 Å². The standard InChI is InChI=1S/C23H23N5O/c1-13-20(15-9-10-24-11-14(15)12-25-13)22-27-23(29-28-22)18-7-4-6-17-16-5-2-3-8-19(16)26-21(17)18/h2-3,5,8,12,18,24,26H,4,6-7,9-11H2,1H3. The number of fused-ring (bicyclic) bond motifs is 4. The van der Waals surface area contributed by atoms with E-state index in [4.69, 9.17) is 9.51 Å². The maximum Gasteiger partial charge on any atom is 0.236 e. The summed E-state index contributed by atoms with van der Waals surface area (Å²) in [6.07, 6.45) is 6.19. The lowest BCUT2D eigenvalue weighted by molar-refractivity contribution is 0.353. The van der Waals surface area contributed by atoms with E-state index in [1.54, 1.807) is 0 Å². The molecule has 0 fully saturated rings. The first kappa shape index (κ1) is 16.9. The van der Waals surface area contributed by atoms with Crippen LogP contribution in [0, 0.1) is 6.92 Å². The number of rotatable bonds is 2. The molecule has 0 amide bonds. The van der Waals surface area contributed by atoms with Crippen LogP contribution in [0.2, 0.25) is 0 Å². The number of nitrogens with one attached hydrogen (secondary N) is 2. The van der Waals surface area contributed by atoms with Gasteiger partial charge in [0.1, 0.15) is 0 Å². The molecule has 6 nitrogen and oxygen atoms in total. The van der Waals surface area contributed by atoms with Crippen LogP contribution < -0.4 is 5.32 Å². The van der Waals surface area contributed by atoms with Crippen molar-refractivity contribution in [2.75, 3.05) is 6.54 Å². The smallest absolute Gasteiger partial charge is 0.236 e. The Morgan fingerprint density at radius 2 is 2.07 bits per heavy atom. The number of H-pyrrole nitrogens is 1.